The van der Waals surface area contributed by atoms with E-state index in [4.69, 9.17) is 16.3 Å². The first-order valence-electron chi connectivity index (χ1n) is 13.0. The molecule has 7 nitrogen and oxygen atoms in total. The summed E-state index contributed by atoms with van der Waals surface area (Å²) in [5.74, 6) is -4.09. The Hall–Kier alpha value is -3.39. The fourth-order valence-corrected chi connectivity index (χ4v) is 6.85. The molecule has 3 aromatic carbocycles. The number of halogens is 1. The normalized spacial score (nSPS) is 30.3. The summed E-state index contributed by atoms with van der Waals surface area (Å²) < 4.78 is 6.27. The number of fused-ring (bicyclic) bond motifs is 3. The van der Waals surface area contributed by atoms with Crippen LogP contribution in [0.5, 0.6) is 5.75 Å². The molecule has 0 spiro atoms. The van der Waals surface area contributed by atoms with Crippen LogP contribution in [0.2, 0.25) is 5.02 Å². The van der Waals surface area contributed by atoms with E-state index in [1.54, 1.807) is 18.2 Å². The van der Waals surface area contributed by atoms with Crippen molar-refractivity contribution in [3.05, 3.63) is 83.4 Å². The lowest BCUT2D eigenvalue weighted by molar-refractivity contribution is -0.269. The van der Waals surface area contributed by atoms with Crippen LogP contribution in [0.3, 0.4) is 0 Å². The van der Waals surface area contributed by atoms with Crippen LogP contribution in [-0.2, 0) is 14.3 Å². The molecule has 1 saturated carbocycles. The Balaban J connectivity index is 1.29. The molecule has 8 heteroatoms. The summed E-state index contributed by atoms with van der Waals surface area (Å²) in [6.45, 7) is 1.96. The summed E-state index contributed by atoms with van der Waals surface area (Å²) in [5, 5.41) is 25.2. The third-order valence-electron chi connectivity index (χ3n) is 8.38. The number of phenolic OH excluding ortho intramolecular Hbond substituents is 1. The zero-order valence-corrected chi connectivity index (χ0v) is 21.6. The Morgan fingerprint density at radius 3 is 2.39 bits per heavy atom. The van der Waals surface area contributed by atoms with Gasteiger partial charge in [-0.2, -0.15) is 0 Å². The van der Waals surface area contributed by atoms with Gasteiger partial charge in [-0.25, -0.2) is 0 Å². The number of nitrogens with zero attached hydrogens (tertiary/aromatic N) is 1. The minimum Gasteiger partial charge on any atom is -0.508 e. The van der Waals surface area contributed by atoms with Crippen molar-refractivity contribution < 1.29 is 24.5 Å². The van der Waals surface area contributed by atoms with E-state index >= 15 is 0 Å². The largest absolute Gasteiger partial charge is 0.508 e. The molecule has 38 heavy (non-hydrogen) atoms. The molecule has 3 fully saturated rings. The van der Waals surface area contributed by atoms with E-state index in [0.717, 1.165) is 11.4 Å². The summed E-state index contributed by atoms with van der Waals surface area (Å²) in [4.78, 5) is 28.7. The molecule has 1 aliphatic carbocycles. The van der Waals surface area contributed by atoms with Gasteiger partial charge in [0, 0.05) is 23.2 Å². The third kappa shape index (κ3) is 3.97. The van der Waals surface area contributed by atoms with E-state index < -0.39 is 29.6 Å². The molecular formula is C30H29ClN2O5. The lowest BCUT2D eigenvalue weighted by Crippen LogP contribution is -2.53. The van der Waals surface area contributed by atoms with Crippen LogP contribution in [0.4, 0.5) is 17.1 Å². The van der Waals surface area contributed by atoms with Crippen molar-refractivity contribution in [1.82, 2.24) is 0 Å². The first kappa shape index (κ1) is 24.9. The summed E-state index contributed by atoms with van der Waals surface area (Å²) in [6, 6.07) is 21.6. The lowest BCUT2D eigenvalue weighted by atomic mass is 9.64. The van der Waals surface area contributed by atoms with E-state index in [1.807, 2.05) is 49.4 Å². The maximum Gasteiger partial charge on any atom is 0.238 e. The number of amides is 2. The Kier molecular flexibility index (Phi) is 6.17. The topological polar surface area (TPSA) is 99.1 Å². The van der Waals surface area contributed by atoms with Gasteiger partial charge in [0.05, 0.1) is 28.6 Å². The van der Waals surface area contributed by atoms with Crippen molar-refractivity contribution in [2.75, 3.05) is 10.2 Å². The van der Waals surface area contributed by atoms with E-state index in [2.05, 4.69) is 5.32 Å². The van der Waals surface area contributed by atoms with Crippen molar-refractivity contribution >= 4 is 40.5 Å². The number of benzene rings is 3. The highest BCUT2D eigenvalue weighted by molar-refractivity contribution is 6.31. The number of ether oxygens (including phenoxy) is 1. The first-order chi connectivity index (χ1) is 18.3. The molecule has 3 aliphatic rings. The number of carbonyl (C=O) groups is 2. The number of carbonyl (C=O) groups excluding carboxylic acids is 2. The molecule has 6 rings (SSSR count). The average Bonchev–Trinajstić information content (AvgIpc) is 3.38. The fourth-order valence-electron chi connectivity index (χ4n) is 6.55. The Morgan fingerprint density at radius 1 is 1.00 bits per heavy atom. The summed E-state index contributed by atoms with van der Waals surface area (Å²) in [6.07, 6.45) is 0.781. The zero-order valence-electron chi connectivity index (χ0n) is 20.9. The number of rotatable bonds is 5. The number of hydrogen-bond donors (Lipinski definition) is 3. The molecule has 2 saturated heterocycles. The van der Waals surface area contributed by atoms with Crippen LogP contribution < -0.4 is 10.2 Å². The monoisotopic (exact) mass is 532 g/mol. The van der Waals surface area contributed by atoms with Crippen molar-refractivity contribution in [2.24, 2.45) is 23.7 Å². The predicted octanol–water partition coefficient (Wildman–Crippen LogP) is 5.79. The Labute approximate surface area is 226 Å². The Morgan fingerprint density at radius 2 is 1.71 bits per heavy atom. The van der Waals surface area contributed by atoms with E-state index in [-0.39, 0.29) is 23.5 Å². The van der Waals surface area contributed by atoms with E-state index in [1.165, 1.54) is 17.0 Å². The number of aromatic hydroxyl groups is 1. The molecule has 196 valence electrons. The quantitative estimate of drug-likeness (QED) is 0.360. The summed E-state index contributed by atoms with van der Waals surface area (Å²) >= 11 is 6.40. The zero-order chi connectivity index (χ0) is 26.6. The van der Waals surface area contributed by atoms with Crippen molar-refractivity contribution in [2.45, 2.75) is 38.1 Å². The van der Waals surface area contributed by atoms with E-state index in [0.29, 0.717) is 35.5 Å². The molecule has 3 aromatic rings. The van der Waals surface area contributed by atoms with Gasteiger partial charge in [-0.1, -0.05) is 42.8 Å². The maximum absolute atomic E-state index is 13.8. The van der Waals surface area contributed by atoms with Gasteiger partial charge in [-0.15, -0.1) is 0 Å². The molecule has 3 N–H and O–H groups in total. The number of hydrogen-bond acceptors (Lipinski definition) is 6. The van der Waals surface area contributed by atoms with Gasteiger partial charge >= 0.3 is 0 Å². The van der Waals surface area contributed by atoms with Crippen LogP contribution in [0.1, 0.15) is 37.9 Å². The predicted molar refractivity (Wildman–Crippen MR) is 144 cm³/mol. The van der Waals surface area contributed by atoms with Gasteiger partial charge < -0.3 is 20.3 Å². The van der Waals surface area contributed by atoms with Gasteiger partial charge in [0.25, 0.3) is 0 Å². The smallest absolute Gasteiger partial charge is 0.238 e. The molecule has 0 bridgehead atoms. The highest BCUT2D eigenvalue weighted by Gasteiger charge is 2.66. The second-order valence-corrected chi connectivity index (χ2v) is 10.8. The second kappa shape index (κ2) is 9.42. The molecule has 0 radical (unpaired) electrons. The lowest BCUT2D eigenvalue weighted by Gasteiger charge is -2.44. The SMILES string of the molecule is CC[C@H]1C[C@@H]2C(=O)N(c3ccc(Nc4ccccc4)cc3)C(=O)[C@@H]2[C@@H]2C[C@@H](c3ccc(O)cc3Cl)O[C@]12O. The van der Waals surface area contributed by atoms with Crippen molar-refractivity contribution in [3.63, 3.8) is 0 Å². The second-order valence-electron chi connectivity index (χ2n) is 10.4. The first-order valence-corrected chi connectivity index (χ1v) is 13.4. The van der Waals surface area contributed by atoms with Gasteiger partial charge in [-0.05, 0) is 73.4 Å². The highest BCUT2D eigenvalue weighted by atomic mass is 35.5. The average molecular weight is 533 g/mol. The minimum absolute atomic E-state index is 0.0385. The molecular weight excluding hydrogens is 504 g/mol. The van der Waals surface area contributed by atoms with Crippen LogP contribution in [-0.4, -0.2) is 27.8 Å². The van der Waals surface area contributed by atoms with Gasteiger partial charge in [0.15, 0.2) is 5.79 Å². The highest BCUT2D eigenvalue weighted by Crippen LogP contribution is 2.59. The number of aliphatic hydroxyl groups is 1. The van der Waals surface area contributed by atoms with Crippen LogP contribution in [0.25, 0.3) is 0 Å². The Bertz CT molecular complexity index is 1380. The van der Waals surface area contributed by atoms with Crippen LogP contribution >= 0.6 is 11.6 Å². The molecule has 2 aliphatic heterocycles. The van der Waals surface area contributed by atoms with Crippen molar-refractivity contribution in [1.29, 1.82) is 0 Å². The number of phenols is 1. The van der Waals surface area contributed by atoms with Gasteiger partial charge in [0.2, 0.25) is 11.8 Å². The standard InChI is InChI=1S/C30H29ClN2O5/c1-2-17-14-23-27(24-16-26(38-30(17,24)37)22-13-12-21(34)15-25(22)31)29(36)33(28(23)35)20-10-8-19(9-11-20)32-18-6-4-3-5-7-18/h3-13,15,17,23-24,26-27,32,34,37H,2,14,16H2,1H3/t17-,23-,24-,26-,27-,30+/m0/s1. The van der Waals surface area contributed by atoms with Crippen LogP contribution in [0.15, 0.2) is 72.8 Å². The van der Waals surface area contributed by atoms with E-state index in [9.17, 15) is 19.8 Å². The van der Waals surface area contributed by atoms with Crippen LogP contribution in [0, 0.1) is 23.7 Å². The van der Waals surface area contributed by atoms with Gasteiger partial charge in [-0.3, -0.25) is 14.5 Å². The molecule has 0 aromatic heterocycles. The molecule has 0 unspecified atom stereocenters. The number of nitrogens with one attached hydrogen (secondary N) is 1. The number of anilines is 3. The molecule has 6 atom stereocenters. The number of para-hydroxylation sites is 1. The maximum atomic E-state index is 13.8. The summed E-state index contributed by atoms with van der Waals surface area (Å²) in [5.41, 5.74) is 2.94. The molecule has 2 amide bonds. The summed E-state index contributed by atoms with van der Waals surface area (Å²) in [7, 11) is 0. The number of imide groups is 1. The van der Waals surface area contributed by atoms with Gasteiger partial charge in [0.1, 0.15) is 5.75 Å². The fraction of sp³-hybridized carbons (Fsp3) is 0.333. The molecule has 2 heterocycles. The van der Waals surface area contributed by atoms with Crippen molar-refractivity contribution in [3.8, 4) is 5.75 Å². The minimum atomic E-state index is -1.54. The third-order valence-corrected chi connectivity index (χ3v) is 8.70.